The van der Waals surface area contributed by atoms with Crippen molar-refractivity contribution in [2.75, 3.05) is 20.6 Å². The first-order chi connectivity index (χ1) is 8.02. The summed E-state index contributed by atoms with van der Waals surface area (Å²) in [5, 5.41) is 12.3. The second kappa shape index (κ2) is 6.36. The third-order valence-corrected chi connectivity index (χ3v) is 4.12. The normalized spacial score (nSPS) is 21.4. The fourth-order valence-corrected chi connectivity index (χ4v) is 2.71. The SMILES string of the molecule is CCC(NCC1(N(C)C)CCCCC1)C(=O)O. The minimum absolute atomic E-state index is 0.154. The second-order valence-corrected chi connectivity index (χ2v) is 5.36. The molecule has 100 valence electrons. The predicted octanol–water partition coefficient (Wildman–Crippen LogP) is 1.70. The zero-order valence-corrected chi connectivity index (χ0v) is 11.3. The van der Waals surface area contributed by atoms with Crippen LogP contribution in [0.4, 0.5) is 0 Å². The molecule has 17 heavy (non-hydrogen) atoms. The summed E-state index contributed by atoms with van der Waals surface area (Å²) < 4.78 is 0. The van der Waals surface area contributed by atoms with Gasteiger partial charge in [-0.15, -0.1) is 0 Å². The van der Waals surface area contributed by atoms with Gasteiger partial charge in [0.1, 0.15) is 6.04 Å². The van der Waals surface area contributed by atoms with Crippen molar-refractivity contribution in [2.24, 2.45) is 0 Å². The minimum Gasteiger partial charge on any atom is -0.480 e. The molecular weight excluding hydrogens is 216 g/mol. The Morgan fingerprint density at radius 2 is 1.94 bits per heavy atom. The number of aliphatic carboxylic acids is 1. The molecule has 0 aromatic rings. The molecule has 1 rings (SSSR count). The van der Waals surface area contributed by atoms with Crippen molar-refractivity contribution in [3.05, 3.63) is 0 Å². The van der Waals surface area contributed by atoms with Crippen molar-refractivity contribution in [3.8, 4) is 0 Å². The van der Waals surface area contributed by atoms with Gasteiger partial charge in [0, 0.05) is 12.1 Å². The molecule has 0 spiro atoms. The van der Waals surface area contributed by atoms with Gasteiger partial charge in [0.2, 0.25) is 0 Å². The summed E-state index contributed by atoms with van der Waals surface area (Å²) in [6, 6.07) is -0.409. The molecule has 1 unspecified atom stereocenters. The molecule has 0 heterocycles. The molecule has 4 nitrogen and oxygen atoms in total. The lowest BCUT2D eigenvalue weighted by Gasteiger charge is -2.43. The molecule has 2 N–H and O–H groups in total. The molecule has 1 saturated carbocycles. The first-order valence-corrected chi connectivity index (χ1v) is 6.65. The van der Waals surface area contributed by atoms with Crippen molar-refractivity contribution in [1.82, 2.24) is 10.2 Å². The van der Waals surface area contributed by atoms with Crippen LogP contribution in [0.1, 0.15) is 45.4 Å². The number of carboxylic acids is 1. The van der Waals surface area contributed by atoms with Crippen LogP contribution in [0.15, 0.2) is 0 Å². The van der Waals surface area contributed by atoms with Gasteiger partial charge in [0.05, 0.1) is 0 Å². The summed E-state index contributed by atoms with van der Waals surface area (Å²) >= 11 is 0. The van der Waals surface area contributed by atoms with E-state index in [0.29, 0.717) is 6.42 Å². The lowest BCUT2D eigenvalue weighted by Crippen LogP contribution is -2.55. The van der Waals surface area contributed by atoms with Crippen LogP contribution < -0.4 is 5.32 Å². The highest BCUT2D eigenvalue weighted by Crippen LogP contribution is 2.31. The molecule has 0 saturated heterocycles. The molecule has 0 aliphatic heterocycles. The average molecular weight is 242 g/mol. The highest BCUT2D eigenvalue weighted by atomic mass is 16.4. The van der Waals surface area contributed by atoms with Gasteiger partial charge < -0.3 is 15.3 Å². The van der Waals surface area contributed by atoms with Gasteiger partial charge in [0.15, 0.2) is 0 Å². The van der Waals surface area contributed by atoms with Crippen molar-refractivity contribution in [2.45, 2.75) is 57.0 Å². The van der Waals surface area contributed by atoms with E-state index in [0.717, 1.165) is 6.54 Å². The number of hydrogen-bond acceptors (Lipinski definition) is 3. The van der Waals surface area contributed by atoms with Crippen LogP contribution in [-0.2, 0) is 4.79 Å². The predicted molar refractivity (Wildman–Crippen MR) is 69.2 cm³/mol. The quantitative estimate of drug-likeness (QED) is 0.744. The number of nitrogens with one attached hydrogen (secondary N) is 1. The second-order valence-electron chi connectivity index (χ2n) is 5.36. The van der Waals surface area contributed by atoms with Crippen LogP contribution in [0.2, 0.25) is 0 Å². The van der Waals surface area contributed by atoms with E-state index in [4.69, 9.17) is 5.11 Å². The largest absolute Gasteiger partial charge is 0.480 e. The molecule has 4 heteroatoms. The molecule has 1 atom stereocenters. The minimum atomic E-state index is -0.739. The third kappa shape index (κ3) is 3.68. The zero-order valence-electron chi connectivity index (χ0n) is 11.3. The summed E-state index contributed by atoms with van der Waals surface area (Å²) in [7, 11) is 4.21. The fraction of sp³-hybridized carbons (Fsp3) is 0.923. The first kappa shape index (κ1) is 14.5. The van der Waals surface area contributed by atoms with Crippen molar-refractivity contribution in [3.63, 3.8) is 0 Å². The van der Waals surface area contributed by atoms with Gasteiger partial charge in [-0.25, -0.2) is 0 Å². The van der Waals surface area contributed by atoms with Crippen molar-refractivity contribution < 1.29 is 9.90 Å². The van der Waals surface area contributed by atoms with Crippen molar-refractivity contribution >= 4 is 5.97 Å². The van der Waals surface area contributed by atoms with E-state index in [1.165, 1.54) is 32.1 Å². The molecule has 1 aliphatic carbocycles. The van der Waals surface area contributed by atoms with Gasteiger partial charge in [-0.3, -0.25) is 4.79 Å². The Balaban J connectivity index is 2.58. The molecule has 1 aliphatic rings. The molecule has 1 fully saturated rings. The highest BCUT2D eigenvalue weighted by molar-refractivity contribution is 5.73. The molecular formula is C13H26N2O2. The Morgan fingerprint density at radius 1 is 1.35 bits per heavy atom. The number of hydrogen-bond donors (Lipinski definition) is 2. The summed E-state index contributed by atoms with van der Waals surface area (Å²) in [6.07, 6.45) is 6.80. The maximum absolute atomic E-state index is 11.0. The third-order valence-electron chi connectivity index (χ3n) is 4.12. The Kier molecular flexibility index (Phi) is 5.40. The van der Waals surface area contributed by atoms with E-state index in [9.17, 15) is 4.79 Å². The molecule has 0 amide bonds. The molecule has 0 bridgehead atoms. The number of carbonyl (C=O) groups is 1. The van der Waals surface area contributed by atoms with E-state index in [-0.39, 0.29) is 5.54 Å². The average Bonchev–Trinajstić information content (AvgIpc) is 2.30. The smallest absolute Gasteiger partial charge is 0.320 e. The van der Waals surface area contributed by atoms with Gasteiger partial charge in [-0.2, -0.15) is 0 Å². The Labute approximate surface area is 104 Å². The van der Waals surface area contributed by atoms with E-state index in [1.54, 1.807) is 0 Å². The number of likely N-dealkylation sites (N-methyl/N-ethyl adjacent to an activating group) is 1. The van der Waals surface area contributed by atoms with Crippen LogP contribution in [0, 0.1) is 0 Å². The number of rotatable bonds is 6. The summed E-state index contributed by atoms with van der Waals surface area (Å²) in [4.78, 5) is 13.3. The molecule has 0 aromatic heterocycles. The maximum Gasteiger partial charge on any atom is 0.320 e. The zero-order chi connectivity index (χ0) is 12.9. The monoisotopic (exact) mass is 242 g/mol. The lowest BCUT2D eigenvalue weighted by atomic mass is 9.80. The van der Waals surface area contributed by atoms with Crippen LogP contribution >= 0.6 is 0 Å². The van der Waals surface area contributed by atoms with Crippen LogP contribution in [0.5, 0.6) is 0 Å². The van der Waals surface area contributed by atoms with Gasteiger partial charge in [-0.1, -0.05) is 26.2 Å². The number of nitrogens with zero attached hydrogens (tertiary/aromatic N) is 1. The Bertz CT molecular complexity index is 248. The lowest BCUT2D eigenvalue weighted by molar-refractivity contribution is -0.139. The maximum atomic E-state index is 11.0. The standard InChI is InChI=1S/C13H26N2O2/c1-4-11(12(16)17)14-10-13(15(2)3)8-6-5-7-9-13/h11,14H,4-10H2,1-3H3,(H,16,17). The summed E-state index contributed by atoms with van der Waals surface area (Å²) in [5.74, 6) is -0.739. The summed E-state index contributed by atoms with van der Waals surface area (Å²) in [5.41, 5.74) is 0.154. The van der Waals surface area contributed by atoms with Crippen LogP contribution in [-0.4, -0.2) is 48.2 Å². The van der Waals surface area contributed by atoms with E-state index in [1.807, 2.05) is 6.92 Å². The molecule has 0 radical (unpaired) electrons. The molecule has 0 aromatic carbocycles. The van der Waals surface area contributed by atoms with Crippen molar-refractivity contribution in [1.29, 1.82) is 0 Å². The Morgan fingerprint density at radius 3 is 2.35 bits per heavy atom. The van der Waals surface area contributed by atoms with Gasteiger partial charge >= 0.3 is 5.97 Å². The van der Waals surface area contributed by atoms with Gasteiger partial charge in [-0.05, 0) is 33.4 Å². The highest BCUT2D eigenvalue weighted by Gasteiger charge is 2.34. The van der Waals surface area contributed by atoms with E-state index in [2.05, 4.69) is 24.3 Å². The topological polar surface area (TPSA) is 52.6 Å². The van der Waals surface area contributed by atoms with Gasteiger partial charge in [0.25, 0.3) is 0 Å². The van der Waals surface area contributed by atoms with Crippen LogP contribution in [0.3, 0.4) is 0 Å². The summed E-state index contributed by atoms with van der Waals surface area (Å²) in [6.45, 7) is 2.69. The fourth-order valence-electron chi connectivity index (χ4n) is 2.71. The first-order valence-electron chi connectivity index (χ1n) is 6.65. The van der Waals surface area contributed by atoms with Crippen LogP contribution in [0.25, 0.3) is 0 Å². The Hall–Kier alpha value is -0.610. The van der Waals surface area contributed by atoms with E-state index < -0.39 is 12.0 Å². The van der Waals surface area contributed by atoms with E-state index >= 15 is 0 Å². The number of carboxylic acid groups (broad SMARTS) is 1.